The van der Waals surface area contributed by atoms with E-state index < -0.39 is 6.09 Å². The second kappa shape index (κ2) is 11.7. The van der Waals surface area contributed by atoms with Gasteiger partial charge in [0.25, 0.3) is 0 Å². The van der Waals surface area contributed by atoms with E-state index in [1.165, 1.54) is 6.92 Å². The molecule has 0 spiro atoms. The first-order chi connectivity index (χ1) is 18.8. The van der Waals surface area contributed by atoms with Gasteiger partial charge in [0.1, 0.15) is 5.75 Å². The summed E-state index contributed by atoms with van der Waals surface area (Å²) in [5.74, 6) is 0.736. The first kappa shape index (κ1) is 27.1. The highest BCUT2D eigenvalue weighted by atomic mass is 35.5. The number of carbonyl (C=O) groups excluding carboxylic acids is 2. The third kappa shape index (κ3) is 6.06. The van der Waals surface area contributed by atoms with Gasteiger partial charge >= 0.3 is 6.09 Å². The van der Waals surface area contributed by atoms with Crippen LogP contribution in [0, 0.1) is 0 Å². The molecule has 2 aliphatic rings. The van der Waals surface area contributed by atoms with Crippen LogP contribution in [0.5, 0.6) is 11.6 Å². The molecule has 1 aromatic heterocycles. The Kier molecular flexibility index (Phi) is 8.11. The number of nitrogens with zero attached hydrogens (tertiary/aromatic N) is 4. The Morgan fingerprint density at radius 3 is 2.44 bits per heavy atom. The first-order valence-corrected chi connectivity index (χ1v) is 13.5. The monoisotopic (exact) mass is 569 g/mol. The standard InChI is InChI=1S/C28H29Cl2N5O4/c1-18(36)33-16-20(14-19-6-9-22(38-2)10-7-19)26-23(17-33)27(39-28(37)32-34-12-4-3-5-13-34)31-35(26)25-11-8-21(29)15-24(25)30/h6-11,14-15H,3-5,12-13,16-17H2,1-2H3,(H,32,37)/b20-14+. The molecule has 2 aliphatic heterocycles. The number of amides is 2. The lowest BCUT2D eigenvalue weighted by atomic mass is 9.99. The number of rotatable bonds is 5. The number of benzene rings is 2. The van der Waals surface area contributed by atoms with Crippen molar-refractivity contribution in [2.24, 2.45) is 0 Å². The van der Waals surface area contributed by atoms with Gasteiger partial charge in [0.15, 0.2) is 0 Å². The normalized spacial score (nSPS) is 16.6. The lowest BCUT2D eigenvalue weighted by molar-refractivity contribution is -0.128. The van der Waals surface area contributed by atoms with Crippen LogP contribution in [0.4, 0.5) is 4.79 Å². The molecule has 3 heterocycles. The molecular formula is C28H29Cl2N5O4. The number of aromatic nitrogens is 2. The smallest absolute Gasteiger partial charge is 0.428 e. The molecule has 0 unspecified atom stereocenters. The molecule has 1 saturated heterocycles. The van der Waals surface area contributed by atoms with Gasteiger partial charge in [-0.3, -0.25) is 10.2 Å². The number of methoxy groups -OCH3 is 1. The average molecular weight is 570 g/mol. The molecule has 2 amide bonds. The molecule has 2 aromatic carbocycles. The van der Waals surface area contributed by atoms with E-state index in [0.717, 1.165) is 49.2 Å². The molecule has 9 nitrogen and oxygen atoms in total. The lowest BCUT2D eigenvalue weighted by Crippen LogP contribution is -2.46. The van der Waals surface area contributed by atoms with Gasteiger partial charge in [-0.1, -0.05) is 41.8 Å². The van der Waals surface area contributed by atoms with Crippen LogP contribution in [0.15, 0.2) is 42.5 Å². The summed E-state index contributed by atoms with van der Waals surface area (Å²) in [6.07, 6.45) is 4.50. The number of hydrogen-bond acceptors (Lipinski definition) is 6. The Morgan fingerprint density at radius 2 is 1.77 bits per heavy atom. The Morgan fingerprint density at radius 1 is 1.03 bits per heavy atom. The minimum absolute atomic E-state index is 0.108. The molecule has 0 radical (unpaired) electrons. The van der Waals surface area contributed by atoms with Crippen LogP contribution in [0.1, 0.15) is 43.0 Å². The molecule has 1 fully saturated rings. The summed E-state index contributed by atoms with van der Waals surface area (Å²) in [4.78, 5) is 27.1. The van der Waals surface area contributed by atoms with Crippen LogP contribution in [0.3, 0.4) is 0 Å². The highest BCUT2D eigenvalue weighted by Gasteiger charge is 2.33. The zero-order chi connectivity index (χ0) is 27.5. The zero-order valence-corrected chi connectivity index (χ0v) is 23.3. The van der Waals surface area contributed by atoms with Crippen LogP contribution < -0.4 is 14.9 Å². The second-order valence-corrected chi connectivity index (χ2v) is 10.4. The predicted octanol–water partition coefficient (Wildman–Crippen LogP) is 5.58. The summed E-state index contributed by atoms with van der Waals surface area (Å²) in [6, 6.07) is 12.7. The van der Waals surface area contributed by atoms with E-state index in [9.17, 15) is 9.59 Å². The largest absolute Gasteiger partial charge is 0.497 e. The highest BCUT2D eigenvalue weighted by molar-refractivity contribution is 6.35. The fourth-order valence-electron chi connectivity index (χ4n) is 4.82. The molecular weight excluding hydrogens is 541 g/mol. The number of piperidine rings is 1. The van der Waals surface area contributed by atoms with Crippen LogP contribution in [-0.4, -0.2) is 58.4 Å². The maximum absolute atomic E-state index is 12.9. The Labute approximate surface area is 236 Å². The summed E-state index contributed by atoms with van der Waals surface area (Å²) in [5.41, 5.74) is 6.40. The molecule has 0 atom stereocenters. The predicted molar refractivity (Wildman–Crippen MR) is 150 cm³/mol. The van der Waals surface area contributed by atoms with Crippen LogP contribution in [0.25, 0.3) is 17.3 Å². The fraction of sp³-hybridized carbons (Fsp3) is 0.321. The first-order valence-electron chi connectivity index (χ1n) is 12.7. The van der Waals surface area contributed by atoms with Gasteiger partial charge in [-0.25, -0.2) is 14.5 Å². The molecule has 39 heavy (non-hydrogen) atoms. The number of carbonyl (C=O) groups is 2. The summed E-state index contributed by atoms with van der Waals surface area (Å²) < 4.78 is 12.7. The lowest BCUT2D eigenvalue weighted by Gasteiger charge is -2.29. The minimum atomic E-state index is -0.632. The number of hydrogen-bond donors (Lipinski definition) is 1. The van der Waals surface area contributed by atoms with Crippen molar-refractivity contribution >= 4 is 46.9 Å². The third-order valence-corrected chi connectivity index (χ3v) is 7.33. The molecule has 0 aliphatic carbocycles. The van der Waals surface area contributed by atoms with E-state index in [4.69, 9.17) is 32.7 Å². The fourth-order valence-corrected chi connectivity index (χ4v) is 5.31. The number of fused-ring (bicyclic) bond motifs is 1. The van der Waals surface area contributed by atoms with Gasteiger partial charge in [0, 0.05) is 31.6 Å². The van der Waals surface area contributed by atoms with Gasteiger partial charge in [0.05, 0.1) is 35.6 Å². The van der Waals surface area contributed by atoms with Crippen molar-refractivity contribution in [2.75, 3.05) is 26.7 Å². The third-order valence-electron chi connectivity index (χ3n) is 6.80. The summed E-state index contributed by atoms with van der Waals surface area (Å²) >= 11 is 12.8. The summed E-state index contributed by atoms with van der Waals surface area (Å²) in [5, 5.41) is 7.41. The molecule has 0 bridgehead atoms. The summed E-state index contributed by atoms with van der Waals surface area (Å²) in [6.45, 7) is 3.59. The van der Waals surface area contributed by atoms with Crippen molar-refractivity contribution in [1.29, 1.82) is 0 Å². The van der Waals surface area contributed by atoms with E-state index in [0.29, 0.717) is 33.5 Å². The Bertz CT molecular complexity index is 1410. The number of ether oxygens (including phenoxy) is 2. The van der Waals surface area contributed by atoms with E-state index >= 15 is 0 Å². The highest BCUT2D eigenvalue weighted by Crippen LogP contribution is 2.38. The minimum Gasteiger partial charge on any atom is -0.497 e. The molecule has 1 N–H and O–H groups in total. The van der Waals surface area contributed by atoms with E-state index in [-0.39, 0.29) is 18.3 Å². The van der Waals surface area contributed by atoms with Gasteiger partial charge in [-0.15, -0.1) is 5.10 Å². The van der Waals surface area contributed by atoms with Crippen molar-refractivity contribution in [3.63, 3.8) is 0 Å². The van der Waals surface area contributed by atoms with Crippen LogP contribution in [-0.2, 0) is 11.3 Å². The van der Waals surface area contributed by atoms with E-state index in [1.807, 2.05) is 35.4 Å². The van der Waals surface area contributed by atoms with Crippen molar-refractivity contribution in [3.8, 4) is 17.3 Å². The van der Waals surface area contributed by atoms with Crippen molar-refractivity contribution in [3.05, 3.63) is 69.3 Å². The maximum atomic E-state index is 12.9. The molecule has 204 valence electrons. The number of hydrazine groups is 1. The number of halogens is 2. The second-order valence-electron chi connectivity index (χ2n) is 9.51. The number of nitrogens with one attached hydrogen (secondary N) is 1. The van der Waals surface area contributed by atoms with Crippen LogP contribution >= 0.6 is 23.2 Å². The van der Waals surface area contributed by atoms with Crippen molar-refractivity contribution < 1.29 is 19.1 Å². The Hall–Kier alpha value is -3.53. The molecule has 5 rings (SSSR count). The Balaban J connectivity index is 1.60. The van der Waals surface area contributed by atoms with Crippen molar-refractivity contribution in [1.82, 2.24) is 25.1 Å². The van der Waals surface area contributed by atoms with Crippen molar-refractivity contribution in [2.45, 2.75) is 32.7 Å². The van der Waals surface area contributed by atoms with Crippen LogP contribution in [0.2, 0.25) is 10.0 Å². The van der Waals surface area contributed by atoms with Gasteiger partial charge in [-0.2, -0.15) is 0 Å². The maximum Gasteiger partial charge on any atom is 0.428 e. The van der Waals surface area contributed by atoms with Gasteiger partial charge in [0.2, 0.25) is 11.8 Å². The molecule has 11 heteroatoms. The average Bonchev–Trinajstić information content (AvgIpc) is 3.27. The molecule has 0 saturated carbocycles. The van der Waals surface area contributed by atoms with Gasteiger partial charge < -0.3 is 14.4 Å². The zero-order valence-electron chi connectivity index (χ0n) is 21.7. The van der Waals surface area contributed by atoms with Gasteiger partial charge in [-0.05, 0) is 60.4 Å². The topological polar surface area (TPSA) is 88.9 Å². The van der Waals surface area contributed by atoms with E-state index in [2.05, 4.69) is 10.5 Å². The SMILES string of the molecule is COc1ccc(/C=C2\CN(C(C)=O)Cc3c(OC(=O)NN4CCCCC4)nn(-c4ccc(Cl)cc4Cl)c32)cc1. The van der Waals surface area contributed by atoms with E-state index in [1.54, 1.807) is 34.9 Å². The quantitative estimate of drug-likeness (QED) is 0.431. The summed E-state index contributed by atoms with van der Waals surface area (Å²) in [7, 11) is 1.61. The molecule has 3 aromatic rings.